The summed E-state index contributed by atoms with van der Waals surface area (Å²) in [5.74, 6) is 1.02. The molecule has 2 aromatic heterocycles. The van der Waals surface area contributed by atoms with Crippen molar-refractivity contribution in [1.29, 1.82) is 0 Å². The van der Waals surface area contributed by atoms with Crippen molar-refractivity contribution in [3.63, 3.8) is 0 Å². The Morgan fingerprint density at radius 1 is 1.26 bits per heavy atom. The number of anilines is 4. The summed E-state index contributed by atoms with van der Waals surface area (Å²) in [6.45, 7) is 5.77. The van der Waals surface area contributed by atoms with E-state index < -0.39 is 5.60 Å². The van der Waals surface area contributed by atoms with E-state index in [0.29, 0.717) is 67.0 Å². The van der Waals surface area contributed by atoms with Crippen molar-refractivity contribution in [2.45, 2.75) is 57.5 Å². The first-order valence-electron chi connectivity index (χ1n) is 11.9. The molecule has 1 saturated carbocycles. The zero-order valence-electron chi connectivity index (χ0n) is 20.0. The van der Waals surface area contributed by atoms with Crippen LogP contribution in [0.1, 0.15) is 37.9 Å². The normalized spacial score (nSPS) is 18.8. The maximum atomic E-state index is 10.5. The third-order valence-electron chi connectivity index (χ3n) is 6.35. The highest BCUT2D eigenvalue weighted by molar-refractivity contribution is 6.36. The molecule has 1 atom stereocenters. The Balaban J connectivity index is 1.51. The Morgan fingerprint density at radius 3 is 2.74 bits per heavy atom. The molecule has 1 saturated heterocycles. The van der Waals surface area contributed by atoms with E-state index in [4.69, 9.17) is 32.8 Å². The van der Waals surface area contributed by atoms with Gasteiger partial charge in [0.05, 0.1) is 40.5 Å². The molecule has 11 nitrogen and oxygen atoms in total. The second kappa shape index (κ2) is 9.40. The summed E-state index contributed by atoms with van der Waals surface area (Å²) < 4.78 is 7.51. The number of fused-ring (bicyclic) bond motifs is 1. The summed E-state index contributed by atoms with van der Waals surface area (Å²) in [7, 11) is 0. The first kappa shape index (κ1) is 24.0. The van der Waals surface area contributed by atoms with Gasteiger partial charge in [-0.15, -0.1) is 5.10 Å². The number of nitrogens with one attached hydrogen (secondary N) is 2. The molecular weight excluding hydrogens is 470 g/mol. The zero-order chi connectivity index (χ0) is 24.7. The van der Waals surface area contributed by atoms with Crippen molar-refractivity contribution in [3.8, 4) is 0 Å². The van der Waals surface area contributed by atoms with Gasteiger partial charge in [-0.3, -0.25) is 0 Å². The summed E-state index contributed by atoms with van der Waals surface area (Å²) in [6, 6.07) is 4.27. The number of benzene rings is 1. The fourth-order valence-electron chi connectivity index (χ4n) is 4.16. The molecule has 7 N–H and O–H groups in total. The van der Waals surface area contributed by atoms with Crippen molar-refractivity contribution in [1.82, 2.24) is 19.6 Å². The Morgan fingerprint density at radius 2 is 2.06 bits per heavy atom. The third kappa shape index (κ3) is 5.00. The molecule has 1 aliphatic heterocycles. The minimum absolute atomic E-state index is 0.299. The van der Waals surface area contributed by atoms with Crippen LogP contribution in [-0.4, -0.2) is 62.1 Å². The van der Waals surface area contributed by atoms with Crippen LogP contribution in [0.2, 0.25) is 5.02 Å². The number of rotatable bonds is 8. The van der Waals surface area contributed by atoms with Crippen LogP contribution in [0.5, 0.6) is 0 Å². The topological polar surface area (TPSA) is 152 Å². The summed E-state index contributed by atoms with van der Waals surface area (Å²) in [6.07, 6.45) is 3.57. The van der Waals surface area contributed by atoms with Gasteiger partial charge in [-0.1, -0.05) is 11.6 Å². The standard InChI is InChI=1S/C23H32ClN9O2/c1-23(2,34)18-12-32(5-6-35-18)17-8-13(9-25)7-16(19(17)24)29-22-30-20(28-14-3-4-14)21-27-11-15(10-26)33(21)31-22/h7-8,11,14,18,34H,3-6,9-10,12,25-26H2,1-2H3,(H2,28,29,30,31). The molecule has 3 aromatic rings. The number of hydrogen-bond acceptors (Lipinski definition) is 10. The summed E-state index contributed by atoms with van der Waals surface area (Å²) >= 11 is 6.91. The van der Waals surface area contributed by atoms with E-state index in [-0.39, 0.29) is 6.10 Å². The molecule has 2 fully saturated rings. The molecular formula is C23H32ClN9O2. The van der Waals surface area contributed by atoms with E-state index in [1.807, 2.05) is 12.1 Å². The lowest BCUT2D eigenvalue weighted by molar-refractivity contribution is -0.0927. The highest BCUT2D eigenvalue weighted by atomic mass is 35.5. The minimum Gasteiger partial charge on any atom is -0.388 e. The molecule has 5 rings (SSSR count). The highest BCUT2D eigenvalue weighted by Gasteiger charge is 2.33. The van der Waals surface area contributed by atoms with Crippen molar-refractivity contribution in [3.05, 3.63) is 34.6 Å². The molecule has 0 spiro atoms. The first-order chi connectivity index (χ1) is 16.8. The molecule has 188 valence electrons. The van der Waals surface area contributed by atoms with Gasteiger partial charge in [0.25, 0.3) is 0 Å². The van der Waals surface area contributed by atoms with Gasteiger partial charge >= 0.3 is 0 Å². The van der Waals surface area contributed by atoms with Crippen LogP contribution >= 0.6 is 11.6 Å². The predicted octanol–water partition coefficient (Wildman–Crippen LogP) is 1.99. The second-order valence-electron chi connectivity index (χ2n) is 9.66. The van der Waals surface area contributed by atoms with Crippen LogP contribution in [0.25, 0.3) is 5.65 Å². The van der Waals surface area contributed by atoms with Crippen molar-refractivity contribution >= 4 is 40.4 Å². The lowest BCUT2D eigenvalue weighted by Gasteiger charge is -2.40. The Labute approximate surface area is 208 Å². The number of nitrogens with zero attached hydrogens (tertiary/aromatic N) is 5. The predicted molar refractivity (Wildman–Crippen MR) is 136 cm³/mol. The van der Waals surface area contributed by atoms with Gasteiger partial charge in [-0.2, -0.15) is 4.98 Å². The molecule has 0 bridgehead atoms. The van der Waals surface area contributed by atoms with E-state index in [1.165, 1.54) is 0 Å². The van der Waals surface area contributed by atoms with Crippen molar-refractivity contribution in [2.24, 2.45) is 11.5 Å². The van der Waals surface area contributed by atoms with Crippen LogP contribution in [0.3, 0.4) is 0 Å². The molecule has 12 heteroatoms. The van der Waals surface area contributed by atoms with E-state index in [2.05, 4.69) is 25.6 Å². The molecule has 35 heavy (non-hydrogen) atoms. The second-order valence-corrected chi connectivity index (χ2v) is 10.0. The maximum absolute atomic E-state index is 10.5. The Kier molecular flexibility index (Phi) is 6.45. The van der Waals surface area contributed by atoms with E-state index in [0.717, 1.165) is 29.8 Å². The Hall–Kier alpha value is -2.70. The van der Waals surface area contributed by atoms with Gasteiger partial charge in [0, 0.05) is 32.2 Å². The molecule has 0 amide bonds. The monoisotopic (exact) mass is 501 g/mol. The number of morpholine rings is 1. The summed E-state index contributed by atoms with van der Waals surface area (Å²) in [5, 5.41) is 22.3. The number of aromatic nitrogens is 4. The molecule has 1 aromatic carbocycles. The highest BCUT2D eigenvalue weighted by Crippen LogP contribution is 2.37. The number of hydrogen-bond donors (Lipinski definition) is 5. The summed E-state index contributed by atoms with van der Waals surface area (Å²) in [5.41, 5.74) is 14.7. The summed E-state index contributed by atoms with van der Waals surface area (Å²) in [4.78, 5) is 11.3. The largest absolute Gasteiger partial charge is 0.388 e. The van der Waals surface area contributed by atoms with Crippen LogP contribution in [0.4, 0.5) is 23.1 Å². The van der Waals surface area contributed by atoms with Gasteiger partial charge in [-0.25, -0.2) is 9.50 Å². The molecule has 3 heterocycles. The number of halogens is 1. The van der Waals surface area contributed by atoms with Crippen LogP contribution in [-0.2, 0) is 17.8 Å². The SMILES string of the molecule is CC(C)(O)C1CN(c2cc(CN)cc(Nc3nc(NC4CC4)c4ncc(CN)n4n3)c2Cl)CCO1. The van der Waals surface area contributed by atoms with E-state index in [9.17, 15) is 5.11 Å². The van der Waals surface area contributed by atoms with Crippen LogP contribution in [0, 0.1) is 0 Å². The first-order valence-corrected chi connectivity index (χ1v) is 12.2. The molecule has 1 aliphatic carbocycles. The van der Waals surface area contributed by atoms with E-state index in [1.54, 1.807) is 24.6 Å². The van der Waals surface area contributed by atoms with Gasteiger partial charge < -0.3 is 36.8 Å². The van der Waals surface area contributed by atoms with Crippen LogP contribution < -0.4 is 27.0 Å². The maximum Gasteiger partial charge on any atom is 0.247 e. The fraction of sp³-hybridized carbons (Fsp3) is 0.522. The van der Waals surface area contributed by atoms with Crippen molar-refractivity contribution < 1.29 is 9.84 Å². The number of aliphatic hydroxyl groups is 1. The Bertz CT molecular complexity index is 1220. The lowest BCUT2D eigenvalue weighted by atomic mass is 9.99. The number of nitrogens with two attached hydrogens (primary N) is 2. The number of imidazole rings is 1. The number of ether oxygens (including phenoxy) is 1. The van der Waals surface area contributed by atoms with Gasteiger partial charge in [0.15, 0.2) is 11.5 Å². The molecule has 2 aliphatic rings. The van der Waals surface area contributed by atoms with Crippen LogP contribution in [0.15, 0.2) is 18.3 Å². The van der Waals surface area contributed by atoms with E-state index >= 15 is 0 Å². The minimum atomic E-state index is -0.975. The van der Waals surface area contributed by atoms with Gasteiger partial charge in [0.1, 0.15) is 6.10 Å². The lowest BCUT2D eigenvalue weighted by Crippen LogP contribution is -2.52. The quantitative estimate of drug-likeness (QED) is 0.309. The van der Waals surface area contributed by atoms with Gasteiger partial charge in [0.2, 0.25) is 5.95 Å². The zero-order valence-corrected chi connectivity index (χ0v) is 20.7. The third-order valence-corrected chi connectivity index (χ3v) is 6.75. The average molecular weight is 502 g/mol. The smallest absolute Gasteiger partial charge is 0.247 e. The fourth-order valence-corrected chi connectivity index (χ4v) is 4.44. The molecule has 1 unspecified atom stereocenters. The van der Waals surface area contributed by atoms with Gasteiger partial charge in [-0.05, 0) is 44.4 Å². The van der Waals surface area contributed by atoms with Crippen molar-refractivity contribution in [2.75, 3.05) is 35.2 Å². The molecule has 0 radical (unpaired) electrons. The average Bonchev–Trinajstić information content (AvgIpc) is 3.56.